The molecule has 1 rings (SSSR count). The van der Waals surface area contributed by atoms with Gasteiger partial charge in [0.15, 0.2) is 5.96 Å². The van der Waals surface area contributed by atoms with Crippen molar-refractivity contribution in [3.8, 4) is 0 Å². The Morgan fingerprint density at radius 3 is 2.41 bits per heavy atom. The van der Waals surface area contributed by atoms with Gasteiger partial charge in [-0.25, -0.2) is 0 Å². The van der Waals surface area contributed by atoms with E-state index in [-0.39, 0.29) is 29.9 Å². The Morgan fingerprint density at radius 2 is 1.88 bits per heavy atom. The summed E-state index contributed by atoms with van der Waals surface area (Å²) >= 11 is 0. The zero-order chi connectivity index (χ0) is 11.8. The van der Waals surface area contributed by atoms with Crippen molar-refractivity contribution in [1.29, 1.82) is 0 Å². The molecule has 0 unspecified atom stereocenters. The minimum Gasteiger partial charge on any atom is -0.370 e. The number of aliphatic imine (C=N–C) groups is 1. The van der Waals surface area contributed by atoms with Crippen molar-refractivity contribution in [1.82, 2.24) is 10.2 Å². The van der Waals surface area contributed by atoms with Gasteiger partial charge < -0.3 is 16.0 Å². The molecule has 1 heterocycles. The Hall–Kier alpha value is -0.530. The second-order valence-electron chi connectivity index (χ2n) is 4.08. The van der Waals surface area contributed by atoms with E-state index in [1.165, 1.54) is 12.8 Å². The zero-order valence-electron chi connectivity index (χ0n) is 10.4. The number of amides is 1. The molecule has 0 spiro atoms. The summed E-state index contributed by atoms with van der Waals surface area (Å²) in [5, 5.41) is 2.90. The van der Waals surface area contributed by atoms with E-state index < -0.39 is 0 Å². The highest BCUT2D eigenvalue weighted by atomic mass is 127. The molecule has 100 valence electrons. The van der Waals surface area contributed by atoms with Crippen LogP contribution in [0, 0.1) is 0 Å². The number of hydrogen-bond acceptors (Lipinski definition) is 2. The first-order chi connectivity index (χ1) is 7.74. The van der Waals surface area contributed by atoms with E-state index in [9.17, 15) is 4.79 Å². The van der Waals surface area contributed by atoms with Crippen LogP contribution in [0.2, 0.25) is 0 Å². The molecule has 1 saturated heterocycles. The van der Waals surface area contributed by atoms with Gasteiger partial charge in [0.1, 0.15) is 0 Å². The van der Waals surface area contributed by atoms with Gasteiger partial charge in [0.2, 0.25) is 5.91 Å². The van der Waals surface area contributed by atoms with Crippen molar-refractivity contribution in [3.63, 3.8) is 0 Å². The smallest absolute Gasteiger partial charge is 0.224 e. The molecule has 0 aromatic rings. The van der Waals surface area contributed by atoms with Crippen molar-refractivity contribution in [2.45, 2.75) is 32.1 Å². The van der Waals surface area contributed by atoms with Crippen LogP contribution >= 0.6 is 24.0 Å². The lowest BCUT2D eigenvalue weighted by Crippen LogP contribution is -2.37. The van der Waals surface area contributed by atoms with E-state index in [0.717, 1.165) is 25.9 Å². The topological polar surface area (TPSA) is 70.7 Å². The largest absolute Gasteiger partial charge is 0.370 e. The molecule has 1 aliphatic rings. The number of guanidine groups is 1. The average Bonchev–Trinajstić information content (AvgIpc) is 2.57. The van der Waals surface area contributed by atoms with E-state index >= 15 is 0 Å². The molecule has 17 heavy (non-hydrogen) atoms. The number of nitrogens with one attached hydrogen (secondary N) is 1. The third kappa shape index (κ3) is 6.70. The normalized spacial score (nSPS) is 17.0. The number of carbonyl (C=O) groups is 1. The number of rotatable bonds is 3. The molecule has 6 heteroatoms. The third-order valence-electron chi connectivity index (χ3n) is 2.84. The number of hydrogen-bond donors (Lipinski definition) is 2. The Labute approximate surface area is 120 Å². The second-order valence-corrected chi connectivity index (χ2v) is 4.08. The molecule has 0 aliphatic carbocycles. The van der Waals surface area contributed by atoms with Gasteiger partial charge in [-0.3, -0.25) is 9.79 Å². The third-order valence-corrected chi connectivity index (χ3v) is 2.84. The lowest BCUT2D eigenvalue weighted by Gasteiger charge is -2.20. The van der Waals surface area contributed by atoms with Gasteiger partial charge in [-0.2, -0.15) is 0 Å². The van der Waals surface area contributed by atoms with Crippen molar-refractivity contribution in [2.75, 3.05) is 26.7 Å². The fraction of sp³-hybridized carbons (Fsp3) is 0.818. The molecule has 5 nitrogen and oxygen atoms in total. The highest BCUT2D eigenvalue weighted by Gasteiger charge is 2.14. The van der Waals surface area contributed by atoms with E-state index in [2.05, 4.69) is 10.3 Å². The maximum Gasteiger partial charge on any atom is 0.224 e. The fourth-order valence-corrected chi connectivity index (χ4v) is 1.85. The molecule has 0 saturated carbocycles. The summed E-state index contributed by atoms with van der Waals surface area (Å²) < 4.78 is 0. The fourth-order valence-electron chi connectivity index (χ4n) is 1.85. The van der Waals surface area contributed by atoms with Gasteiger partial charge in [-0.05, 0) is 12.8 Å². The molecule has 1 amide bonds. The van der Waals surface area contributed by atoms with Crippen LogP contribution in [-0.2, 0) is 4.79 Å². The molecular formula is C11H23IN4O. The van der Waals surface area contributed by atoms with E-state index in [1.807, 2.05) is 4.90 Å². The second kappa shape index (κ2) is 9.49. The lowest BCUT2D eigenvalue weighted by molar-refractivity contribution is -0.130. The molecule has 0 bridgehead atoms. The van der Waals surface area contributed by atoms with E-state index in [0.29, 0.717) is 18.9 Å². The molecule has 0 aromatic carbocycles. The molecule has 0 atom stereocenters. The van der Waals surface area contributed by atoms with Crippen LogP contribution in [0.3, 0.4) is 0 Å². The molecule has 1 fully saturated rings. The van der Waals surface area contributed by atoms with Crippen LogP contribution in [0.5, 0.6) is 0 Å². The summed E-state index contributed by atoms with van der Waals surface area (Å²) in [5.74, 6) is 0.613. The highest BCUT2D eigenvalue weighted by Crippen LogP contribution is 2.10. The van der Waals surface area contributed by atoms with Crippen molar-refractivity contribution < 1.29 is 4.79 Å². The molecular weight excluding hydrogens is 331 g/mol. The monoisotopic (exact) mass is 354 g/mol. The highest BCUT2D eigenvalue weighted by molar-refractivity contribution is 14.0. The minimum atomic E-state index is 0. The molecule has 3 N–H and O–H groups in total. The summed E-state index contributed by atoms with van der Waals surface area (Å²) in [4.78, 5) is 17.6. The van der Waals surface area contributed by atoms with Crippen LogP contribution in [0.1, 0.15) is 32.1 Å². The maximum atomic E-state index is 11.8. The number of nitrogens with zero attached hydrogens (tertiary/aromatic N) is 2. The van der Waals surface area contributed by atoms with Crippen LogP contribution in [-0.4, -0.2) is 43.4 Å². The van der Waals surface area contributed by atoms with Gasteiger partial charge >= 0.3 is 0 Å². The maximum absolute atomic E-state index is 11.8. The first kappa shape index (κ1) is 16.5. The van der Waals surface area contributed by atoms with Crippen molar-refractivity contribution in [2.24, 2.45) is 10.7 Å². The van der Waals surface area contributed by atoms with E-state index in [1.54, 1.807) is 7.05 Å². The number of carbonyl (C=O) groups excluding carboxylic acids is 1. The number of likely N-dealkylation sites (tertiary alicyclic amines) is 1. The zero-order valence-corrected chi connectivity index (χ0v) is 12.8. The summed E-state index contributed by atoms with van der Waals surface area (Å²) in [6.07, 6.45) is 5.26. The SMILES string of the molecule is CN=C(N)NCCC(=O)N1CCCCCC1.I. The van der Waals surface area contributed by atoms with Gasteiger partial charge in [-0.15, -0.1) is 24.0 Å². The summed E-state index contributed by atoms with van der Waals surface area (Å²) in [6, 6.07) is 0. The predicted octanol–water partition coefficient (Wildman–Crippen LogP) is 0.931. The Morgan fingerprint density at radius 1 is 1.29 bits per heavy atom. The predicted molar refractivity (Wildman–Crippen MR) is 80.6 cm³/mol. The summed E-state index contributed by atoms with van der Waals surface area (Å²) in [7, 11) is 1.62. The van der Waals surface area contributed by atoms with Crippen molar-refractivity contribution >= 4 is 35.8 Å². The average molecular weight is 354 g/mol. The van der Waals surface area contributed by atoms with Crippen LogP contribution in [0.15, 0.2) is 4.99 Å². The number of nitrogens with two attached hydrogens (primary N) is 1. The standard InChI is InChI=1S/C11H22N4O.HI/c1-13-11(12)14-7-6-10(16)15-8-4-2-3-5-9-15;/h2-9H2,1H3,(H3,12,13,14);1H. The van der Waals surface area contributed by atoms with Crippen LogP contribution in [0.25, 0.3) is 0 Å². The first-order valence-corrected chi connectivity index (χ1v) is 5.98. The minimum absolute atomic E-state index is 0. The Balaban J connectivity index is 0.00000256. The summed E-state index contributed by atoms with van der Waals surface area (Å²) in [6.45, 7) is 2.39. The van der Waals surface area contributed by atoms with Crippen LogP contribution < -0.4 is 11.1 Å². The summed E-state index contributed by atoms with van der Waals surface area (Å²) in [5.41, 5.74) is 5.48. The Bertz CT molecular complexity index is 250. The van der Waals surface area contributed by atoms with Gasteiger partial charge in [0, 0.05) is 33.1 Å². The lowest BCUT2D eigenvalue weighted by atomic mass is 10.2. The van der Waals surface area contributed by atoms with Crippen molar-refractivity contribution in [3.05, 3.63) is 0 Å². The van der Waals surface area contributed by atoms with Gasteiger partial charge in [-0.1, -0.05) is 12.8 Å². The van der Waals surface area contributed by atoms with E-state index in [4.69, 9.17) is 5.73 Å². The number of halogens is 1. The molecule has 1 aliphatic heterocycles. The van der Waals surface area contributed by atoms with Crippen LogP contribution in [0.4, 0.5) is 0 Å². The van der Waals surface area contributed by atoms with Gasteiger partial charge in [0.05, 0.1) is 0 Å². The quantitative estimate of drug-likeness (QED) is 0.450. The molecule has 0 radical (unpaired) electrons. The first-order valence-electron chi connectivity index (χ1n) is 5.98. The Kier molecular flexibility index (Phi) is 9.20. The molecule has 0 aromatic heterocycles. The van der Waals surface area contributed by atoms with Gasteiger partial charge in [0.25, 0.3) is 0 Å².